The van der Waals surface area contributed by atoms with Gasteiger partial charge >= 0.3 is 0 Å². The van der Waals surface area contributed by atoms with E-state index in [1.54, 1.807) is 11.0 Å². The molecule has 70 valence electrons. The topological polar surface area (TPSA) is 30.7 Å². The van der Waals surface area contributed by atoms with Gasteiger partial charge in [0.1, 0.15) is 12.2 Å². The second-order valence-electron chi connectivity index (χ2n) is 2.99. The van der Waals surface area contributed by atoms with Crippen molar-refractivity contribution in [1.82, 2.24) is 14.8 Å². The van der Waals surface area contributed by atoms with Gasteiger partial charge in [-0.1, -0.05) is 36.4 Å². The molecule has 0 atom stereocenters. The van der Waals surface area contributed by atoms with Crippen molar-refractivity contribution >= 4 is 12.2 Å². The molecule has 1 aromatic carbocycles. The van der Waals surface area contributed by atoms with Crippen molar-refractivity contribution in [3.63, 3.8) is 0 Å². The molecule has 0 amide bonds. The minimum Gasteiger partial charge on any atom is -0.249 e. The molecule has 0 saturated carbocycles. The van der Waals surface area contributed by atoms with E-state index in [0.29, 0.717) is 0 Å². The summed E-state index contributed by atoms with van der Waals surface area (Å²) in [6.45, 7) is 0. The Kier molecular flexibility index (Phi) is 2.40. The molecular weight excluding hydrogens is 174 g/mol. The molecule has 0 unspecified atom stereocenters. The van der Waals surface area contributed by atoms with E-state index in [1.807, 2.05) is 49.5 Å². The summed E-state index contributed by atoms with van der Waals surface area (Å²) in [5.74, 6) is 0.855. The summed E-state index contributed by atoms with van der Waals surface area (Å²) in [5.41, 5.74) is 1.16. The first-order valence-electron chi connectivity index (χ1n) is 4.43. The summed E-state index contributed by atoms with van der Waals surface area (Å²) in [6.07, 6.45) is 5.51. The summed E-state index contributed by atoms with van der Waals surface area (Å²) >= 11 is 0. The second kappa shape index (κ2) is 3.87. The molecule has 1 aromatic heterocycles. The molecule has 3 nitrogen and oxygen atoms in total. The van der Waals surface area contributed by atoms with Crippen molar-refractivity contribution in [1.29, 1.82) is 0 Å². The highest BCUT2D eigenvalue weighted by molar-refractivity contribution is 5.66. The lowest BCUT2D eigenvalue weighted by Gasteiger charge is -1.92. The number of rotatable bonds is 2. The average Bonchev–Trinajstić information content (AvgIpc) is 2.63. The van der Waals surface area contributed by atoms with Crippen LogP contribution in [0.1, 0.15) is 11.4 Å². The fourth-order valence-electron chi connectivity index (χ4n) is 1.19. The summed E-state index contributed by atoms with van der Waals surface area (Å²) in [5, 5.41) is 3.98. The lowest BCUT2D eigenvalue weighted by atomic mass is 10.2. The maximum atomic E-state index is 4.10. The maximum absolute atomic E-state index is 4.10. The van der Waals surface area contributed by atoms with Gasteiger partial charge in [0.15, 0.2) is 0 Å². The second-order valence-corrected chi connectivity index (χ2v) is 2.99. The van der Waals surface area contributed by atoms with Crippen LogP contribution in [0.15, 0.2) is 36.7 Å². The zero-order valence-electron chi connectivity index (χ0n) is 7.96. The van der Waals surface area contributed by atoms with E-state index < -0.39 is 0 Å². The first-order valence-corrected chi connectivity index (χ1v) is 4.43. The number of aryl methyl sites for hydroxylation is 1. The van der Waals surface area contributed by atoms with Gasteiger partial charge in [0.25, 0.3) is 0 Å². The van der Waals surface area contributed by atoms with Crippen molar-refractivity contribution < 1.29 is 0 Å². The Balaban J connectivity index is 2.20. The Morgan fingerprint density at radius 3 is 2.57 bits per heavy atom. The fourth-order valence-corrected chi connectivity index (χ4v) is 1.19. The van der Waals surface area contributed by atoms with E-state index in [1.165, 1.54) is 0 Å². The SMILES string of the molecule is Cn1ncnc1C=Cc1ccccc1. The van der Waals surface area contributed by atoms with Gasteiger partial charge in [-0.2, -0.15) is 5.10 Å². The van der Waals surface area contributed by atoms with Crippen molar-refractivity contribution in [3.05, 3.63) is 48.0 Å². The highest BCUT2D eigenvalue weighted by Crippen LogP contribution is 2.04. The van der Waals surface area contributed by atoms with Crippen LogP contribution in [0.4, 0.5) is 0 Å². The smallest absolute Gasteiger partial charge is 0.150 e. The van der Waals surface area contributed by atoms with Crippen LogP contribution in [0.2, 0.25) is 0 Å². The van der Waals surface area contributed by atoms with Crippen molar-refractivity contribution in [2.24, 2.45) is 7.05 Å². The van der Waals surface area contributed by atoms with E-state index in [4.69, 9.17) is 0 Å². The largest absolute Gasteiger partial charge is 0.249 e. The standard InChI is InChI=1S/C11H11N3/c1-14-11(12-9-13-14)8-7-10-5-3-2-4-6-10/h2-9H,1H3. The number of aromatic nitrogens is 3. The molecule has 0 radical (unpaired) electrons. The van der Waals surface area contributed by atoms with Gasteiger partial charge in [-0.25, -0.2) is 9.67 Å². The fraction of sp³-hybridized carbons (Fsp3) is 0.0909. The predicted molar refractivity (Wildman–Crippen MR) is 56.4 cm³/mol. The Hall–Kier alpha value is -1.90. The monoisotopic (exact) mass is 185 g/mol. The number of hydrogen-bond acceptors (Lipinski definition) is 2. The molecule has 0 fully saturated rings. The van der Waals surface area contributed by atoms with Gasteiger partial charge in [0, 0.05) is 7.05 Å². The third-order valence-electron chi connectivity index (χ3n) is 1.97. The summed E-state index contributed by atoms with van der Waals surface area (Å²) in [7, 11) is 1.87. The van der Waals surface area contributed by atoms with Crippen LogP contribution in [-0.4, -0.2) is 14.8 Å². The predicted octanol–water partition coefficient (Wildman–Crippen LogP) is 1.99. The Morgan fingerprint density at radius 2 is 1.93 bits per heavy atom. The Morgan fingerprint density at radius 1 is 1.14 bits per heavy atom. The lowest BCUT2D eigenvalue weighted by Crippen LogP contribution is -1.92. The third kappa shape index (κ3) is 1.88. The van der Waals surface area contributed by atoms with E-state index in [2.05, 4.69) is 10.1 Å². The molecule has 0 aliphatic heterocycles. The van der Waals surface area contributed by atoms with Gasteiger partial charge in [-0.05, 0) is 11.6 Å². The first kappa shape index (κ1) is 8.69. The highest BCUT2D eigenvalue weighted by atomic mass is 15.3. The molecule has 2 aromatic rings. The summed E-state index contributed by atoms with van der Waals surface area (Å²) in [4.78, 5) is 4.10. The molecule has 0 N–H and O–H groups in total. The first-order chi connectivity index (χ1) is 6.86. The Labute approximate surface area is 82.7 Å². The Bertz CT molecular complexity index is 429. The van der Waals surface area contributed by atoms with E-state index in [9.17, 15) is 0 Å². The number of hydrogen-bond donors (Lipinski definition) is 0. The minimum atomic E-state index is 0.855. The molecule has 2 rings (SSSR count). The van der Waals surface area contributed by atoms with Gasteiger partial charge in [-0.3, -0.25) is 0 Å². The van der Waals surface area contributed by atoms with Gasteiger partial charge in [0.2, 0.25) is 0 Å². The van der Waals surface area contributed by atoms with Crippen LogP contribution < -0.4 is 0 Å². The molecule has 0 aliphatic carbocycles. The van der Waals surface area contributed by atoms with Crippen LogP contribution >= 0.6 is 0 Å². The minimum absolute atomic E-state index is 0.855. The van der Waals surface area contributed by atoms with Gasteiger partial charge < -0.3 is 0 Å². The van der Waals surface area contributed by atoms with E-state index in [-0.39, 0.29) is 0 Å². The highest BCUT2D eigenvalue weighted by Gasteiger charge is 1.92. The zero-order chi connectivity index (χ0) is 9.80. The van der Waals surface area contributed by atoms with E-state index >= 15 is 0 Å². The number of benzene rings is 1. The molecule has 0 saturated heterocycles. The van der Waals surface area contributed by atoms with Crippen molar-refractivity contribution in [2.75, 3.05) is 0 Å². The molecule has 1 heterocycles. The lowest BCUT2D eigenvalue weighted by molar-refractivity contribution is 0.757. The van der Waals surface area contributed by atoms with Gasteiger partial charge in [-0.15, -0.1) is 0 Å². The average molecular weight is 185 g/mol. The van der Waals surface area contributed by atoms with E-state index in [0.717, 1.165) is 11.4 Å². The molecule has 14 heavy (non-hydrogen) atoms. The molecule has 3 heteroatoms. The summed E-state index contributed by atoms with van der Waals surface area (Å²) < 4.78 is 1.74. The van der Waals surface area contributed by atoms with Crippen LogP contribution in [0.3, 0.4) is 0 Å². The molecule has 0 aliphatic rings. The quantitative estimate of drug-likeness (QED) is 0.716. The normalized spacial score (nSPS) is 10.9. The number of nitrogens with zero attached hydrogens (tertiary/aromatic N) is 3. The molecule has 0 spiro atoms. The van der Waals surface area contributed by atoms with Crippen LogP contribution in [0.25, 0.3) is 12.2 Å². The van der Waals surface area contributed by atoms with Crippen molar-refractivity contribution in [3.8, 4) is 0 Å². The van der Waals surface area contributed by atoms with Gasteiger partial charge in [0.05, 0.1) is 0 Å². The molecule has 0 bridgehead atoms. The van der Waals surface area contributed by atoms with Crippen molar-refractivity contribution in [2.45, 2.75) is 0 Å². The summed E-state index contributed by atoms with van der Waals surface area (Å²) in [6, 6.07) is 10.1. The molecular formula is C11H11N3. The van der Waals surface area contributed by atoms with Crippen LogP contribution in [-0.2, 0) is 7.05 Å². The zero-order valence-corrected chi connectivity index (χ0v) is 7.96. The van der Waals surface area contributed by atoms with Crippen LogP contribution in [0, 0.1) is 0 Å². The van der Waals surface area contributed by atoms with Crippen LogP contribution in [0.5, 0.6) is 0 Å². The maximum Gasteiger partial charge on any atom is 0.150 e. The third-order valence-corrected chi connectivity index (χ3v) is 1.97.